The van der Waals surface area contributed by atoms with E-state index in [-0.39, 0.29) is 0 Å². The topological polar surface area (TPSA) is 6.48 Å². The fourth-order valence-electron chi connectivity index (χ4n) is 3.89. The normalized spacial score (nSPS) is 25.3. The fourth-order valence-corrected chi connectivity index (χ4v) is 3.89. The van der Waals surface area contributed by atoms with Gasteiger partial charge in [0.25, 0.3) is 0 Å². The molecule has 0 amide bonds. The Kier molecular flexibility index (Phi) is 4.30. The van der Waals surface area contributed by atoms with Gasteiger partial charge in [-0.25, -0.2) is 0 Å². The van der Waals surface area contributed by atoms with Crippen LogP contribution in [0.25, 0.3) is 0 Å². The molecule has 20 heavy (non-hydrogen) atoms. The molecule has 1 unspecified atom stereocenters. The first-order valence-corrected chi connectivity index (χ1v) is 8.37. The molecular formula is C18H28N2. The largest absolute Gasteiger partial charge is 0.366 e. The number of rotatable bonds is 3. The van der Waals surface area contributed by atoms with Crippen LogP contribution in [-0.4, -0.2) is 36.6 Å². The zero-order valence-corrected chi connectivity index (χ0v) is 13.0. The third kappa shape index (κ3) is 2.85. The summed E-state index contributed by atoms with van der Waals surface area (Å²) in [6.45, 7) is 8.26. The van der Waals surface area contributed by atoms with Gasteiger partial charge in [0.15, 0.2) is 0 Å². The van der Waals surface area contributed by atoms with Crippen LogP contribution in [0.2, 0.25) is 0 Å². The zero-order chi connectivity index (χ0) is 13.9. The maximum atomic E-state index is 2.74. The third-order valence-electron chi connectivity index (χ3n) is 5.18. The maximum Gasteiger partial charge on any atom is 0.0389 e. The van der Waals surface area contributed by atoms with Crippen molar-refractivity contribution in [1.29, 1.82) is 0 Å². The van der Waals surface area contributed by atoms with Gasteiger partial charge in [0, 0.05) is 37.4 Å². The molecule has 2 aliphatic rings. The molecule has 1 aromatic rings. The number of piperazine rings is 1. The lowest BCUT2D eigenvalue weighted by molar-refractivity contribution is 0.166. The predicted molar refractivity (Wildman–Crippen MR) is 86.5 cm³/mol. The Hall–Kier alpha value is -1.02. The van der Waals surface area contributed by atoms with Crippen molar-refractivity contribution < 1.29 is 0 Å². The summed E-state index contributed by atoms with van der Waals surface area (Å²) in [6, 6.07) is 10.7. The highest BCUT2D eigenvalue weighted by molar-refractivity contribution is 5.49. The second kappa shape index (κ2) is 6.17. The van der Waals surface area contributed by atoms with Crippen molar-refractivity contribution in [2.75, 3.05) is 24.5 Å². The summed E-state index contributed by atoms with van der Waals surface area (Å²) in [6.07, 6.45) is 6.87. The van der Waals surface area contributed by atoms with Gasteiger partial charge in [-0.15, -0.1) is 0 Å². The van der Waals surface area contributed by atoms with Crippen LogP contribution in [0.5, 0.6) is 0 Å². The van der Waals surface area contributed by atoms with E-state index in [0.29, 0.717) is 6.04 Å². The number of nitrogens with zero attached hydrogens (tertiary/aromatic N) is 2. The summed E-state index contributed by atoms with van der Waals surface area (Å²) in [5.74, 6) is 0. The average Bonchev–Trinajstić information content (AvgIpc) is 3.01. The Morgan fingerprint density at radius 2 is 1.75 bits per heavy atom. The minimum atomic E-state index is 0.636. The summed E-state index contributed by atoms with van der Waals surface area (Å²) in [7, 11) is 0. The maximum absolute atomic E-state index is 2.74. The van der Waals surface area contributed by atoms with Crippen molar-refractivity contribution in [1.82, 2.24) is 4.90 Å². The van der Waals surface area contributed by atoms with Crippen LogP contribution in [0.15, 0.2) is 24.3 Å². The third-order valence-corrected chi connectivity index (χ3v) is 5.18. The van der Waals surface area contributed by atoms with Crippen LogP contribution in [-0.2, 0) is 6.42 Å². The van der Waals surface area contributed by atoms with E-state index in [1.165, 1.54) is 56.6 Å². The first-order chi connectivity index (χ1) is 9.78. The Morgan fingerprint density at radius 1 is 1.05 bits per heavy atom. The molecule has 0 N–H and O–H groups in total. The molecule has 1 saturated carbocycles. The second-order valence-corrected chi connectivity index (χ2v) is 6.50. The van der Waals surface area contributed by atoms with E-state index < -0.39 is 0 Å². The molecule has 1 atom stereocenters. The number of benzene rings is 1. The van der Waals surface area contributed by atoms with Gasteiger partial charge in [-0.3, -0.25) is 4.90 Å². The van der Waals surface area contributed by atoms with E-state index >= 15 is 0 Å². The summed E-state index contributed by atoms with van der Waals surface area (Å²) in [4.78, 5) is 5.33. The van der Waals surface area contributed by atoms with E-state index in [1.807, 2.05) is 0 Å². The number of hydrogen-bond donors (Lipinski definition) is 0. The molecule has 2 heteroatoms. The Morgan fingerprint density at radius 3 is 2.35 bits per heavy atom. The summed E-state index contributed by atoms with van der Waals surface area (Å²) < 4.78 is 0. The lowest BCUT2D eigenvalue weighted by Crippen LogP contribution is -2.54. The SMILES string of the molecule is CCc1ccc(N2CCN(C3CCCC3)CC2C)cc1. The highest BCUT2D eigenvalue weighted by Gasteiger charge is 2.29. The van der Waals surface area contributed by atoms with Crippen LogP contribution >= 0.6 is 0 Å². The van der Waals surface area contributed by atoms with Crippen molar-refractivity contribution in [2.24, 2.45) is 0 Å². The molecule has 0 aromatic heterocycles. The number of aryl methyl sites for hydroxylation is 1. The molecule has 1 aliphatic carbocycles. The molecule has 0 bridgehead atoms. The van der Waals surface area contributed by atoms with Crippen LogP contribution in [0.3, 0.4) is 0 Å². The van der Waals surface area contributed by atoms with Crippen LogP contribution in [0.1, 0.15) is 45.1 Å². The molecule has 2 nitrogen and oxygen atoms in total. The average molecular weight is 272 g/mol. The molecule has 1 heterocycles. The Balaban J connectivity index is 1.64. The van der Waals surface area contributed by atoms with E-state index in [2.05, 4.69) is 47.9 Å². The molecular weight excluding hydrogens is 244 g/mol. The first-order valence-electron chi connectivity index (χ1n) is 8.37. The quantitative estimate of drug-likeness (QED) is 0.828. The lowest BCUT2D eigenvalue weighted by Gasteiger charge is -2.43. The summed E-state index contributed by atoms with van der Waals surface area (Å²) in [5.41, 5.74) is 2.84. The lowest BCUT2D eigenvalue weighted by atomic mass is 10.1. The van der Waals surface area contributed by atoms with Crippen LogP contribution in [0, 0.1) is 0 Å². The number of hydrogen-bond acceptors (Lipinski definition) is 2. The molecule has 0 radical (unpaired) electrons. The smallest absolute Gasteiger partial charge is 0.0389 e. The summed E-state index contributed by atoms with van der Waals surface area (Å²) >= 11 is 0. The van der Waals surface area contributed by atoms with Crippen molar-refractivity contribution in [3.8, 4) is 0 Å². The van der Waals surface area contributed by atoms with Crippen molar-refractivity contribution in [3.63, 3.8) is 0 Å². The highest BCUT2D eigenvalue weighted by atomic mass is 15.3. The van der Waals surface area contributed by atoms with E-state index in [4.69, 9.17) is 0 Å². The molecule has 110 valence electrons. The minimum Gasteiger partial charge on any atom is -0.366 e. The van der Waals surface area contributed by atoms with Crippen molar-refractivity contribution >= 4 is 5.69 Å². The Labute approximate surface area is 123 Å². The molecule has 1 aliphatic heterocycles. The molecule has 0 spiro atoms. The van der Waals surface area contributed by atoms with Gasteiger partial charge < -0.3 is 4.90 Å². The molecule has 1 aromatic carbocycles. The highest BCUT2D eigenvalue weighted by Crippen LogP contribution is 2.27. The minimum absolute atomic E-state index is 0.636. The van der Waals surface area contributed by atoms with Gasteiger partial charge in [0.2, 0.25) is 0 Å². The standard InChI is InChI=1S/C18H28N2/c1-3-16-8-10-18(11-9-16)20-13-12-19(14-15(20)2)17-6-4-5-7-17/h8-11,15,17H,3-7,12-14H2,1-2H3. The molecule has 2 fully saturated rings. The number of anilines is 1. The van der Waals surface area contributed by atoms with Crippen molar-refractivity contribution in [3.05, 3.63) is 29.8 Å². The van der Waals surface area contributed by atoms with E-state index in [9.17, 15) is 0 Å². The van der Waals surface area contributed by atoms with Gasteiger partial charge in [-0.1, -0.05) is 31.9 Å². The van der Waals surface area contributed by atoms with Gasteiger partial charge in [0.1, 0.15) is 0 Å². The monoisotopic (exact) mass is 272 g/mol. The summed E-state index contributed by atoms with van der Waals surface area (Å²) in [5, 5.41) is 0. The van der Waals surface area contributed by atoms with Gasteiger partial charge in [0.05, 0.1) is 0 Å². The molecule has 1 saturated heterocycles. The van der Waals surface area contributed by atoms with Crippen LogP contribution in [0.4, 0.5) is 5.69 Å². The van der Waals surface area contributed by atoms with Crippen LogP contribution < -0.4 is 4.90 Å². The fraction of sp³-hybridized carbons (Fsp3) is 0.667. The van der Waals surface area contributed by atoms with Gasteiger partial charge in [-0.2, -0.15) is 0 Å². The van der Waals surface area contributed by atoms with Gasteiger partial charge >= 0.3 is 0 Å². The first kappa shape index (κ1) is 13.9. The molecule has 3 rings (SSSR count). The van der Waals surface area contributed by atoms with Gasteiger partial charge in [-0.05, 0) is 43.9 Å². The van der Waals surface area contributed by atoms with E-state index in [0.717, 1.165) is 12.5 Å². The van der Waals surface area contributed by atoms with E-state index in [1.54, 1.807) is 0 Å². The Bertz CT molecular complexity index is 420. The predicted octanol–water partition coefficient (Wildman–Crippen LogP) is 3.70. The van der Waals surface area contributed by atoms with Crippen molar-refractivity contribution in [2.45, 2.75) is 58.0 Å². The second-order valence-electron chi connectivity index (χ2n) is 6.50. The zero-order valence-electron chi connectivity index (χ0n) is 13.0.